The Morgan fingerprint density at radius 2 is 2.08 bits per heavy atom. The minimum Gasteiger partial charge on any atom is -0.397 e. The van der Waals surface area contributed by atoms with Gasteiger partial charge in [0.1, 0.15) is 5.82 Å². The largest absolute Gasteiger partial charge is 0.397 e. The number of benzene rings is 1. The van der Waals surface area contributed by atoms with Crippen LogP contribution in [0.5, 0.6) is 0 Å². The predicted molar refractivity (Wildman–Crippen MR) is 49.9 cm³/mol. The van der Waals surface area contributed by atoms with Crippen molar-refractivity contribution in [1.29, 1.82) is 5.26 Å². The molecule has 66 valence electrons. The third-order valence-electron chi connectivity index (χ3n) is 1.55. The lowest BCUT2D eigenvalue weighted by molar-refractivity contribution is 0.628. The highest BCUT2D eigenvalue weighted by Gasteiger charge is 2.02. The van der Waals surface area contributed by atoms with Gasteiger partial charge in [0.25, 0.3) is 0 Å². The second kappa shape index (κ2) is 3.59. The number of hydrogen-bond acceptors (Lipinski definition) is 3. The molecule has 0 amide bonds. The number of nitrogen functional groups attached to an aromatic ring is 2. The van der Waals surface area contributed by atoms with Crippen molar-refractivity contribution in [2.75, 3.05) is 11.5 Å². The first-order chi connectivity index (χ1) is 6.15. The summed E-state index contributed by atoms with van der Waals surface area (Å²) >= 11 is 0. The second-order valence-electron chi connectivity index (χ2n) is 2.46. The molecule has 0 unspecified atom stereocenters. The van der Waals surface area contributed by atoms with Gasteiger partial charge in [0.2, 0.25) is 0 Å². The van der Waals surface area contributed by atoms with Crippen LogP contribution in [0.4, 0.5) is 15.8 Å². The molecule has 0 atom stereocenters. The van der Waals surface area contributed by atoms with Crippen LogP contribution in [0, 0.1) is 17.1 Å². The molecule has 0 heterocycles. The van der Waals surface area contributed by atoms with Crippen molar-refractivity contribution in [3.05, 3.63) is 29.6 Å². The number of anilines is 2. The van der Waals surface area contributed by atoms with E-state index in [1.807, 2.05) is 0 Å². The molecule has 0 saturated heterocycles. The summed E-state index contributed by atoms with van der Waals surface area (Å²) in [5.74, 6) is -0.468. The quantitative estimate of drug-likeness (QED) is 0.504. The minimum atomic E-state index is -0.468. The van der Waals surface area contributed by atoms with Gasteiger partial charge in [-0.3, -0.25) is 0 Å². The smallest absolute Gasteiger partial charge is 0.126 e. The third-order valence-corrected chi connectivity index (χ3v) is 1.55. The van der Waals surface area contributed by atoms with Gasteiger partial charge < -0.3 is 11.5 Å². The van der Waals surface area contributed by atoms with Gasteiger partial charge in [-0.2, -0.15) is 5.26 Å². The first kappa shape index (κ1) is 9.07. The summed E-state index contributed by atoms with van der Waals surface area (Å²) in [5.41, 5.74) is 11.8. The molecule has 1 aromatic rings. The van der Waals surface area contributed by atoms with E-state index in [4.69, 9.17) is 16.7 Å². The SMILES string of the molecule is N#CC=Cc1cc(F)cc(N)c1N. The van der Waals surface area contributed by atoms with E-state index in [1.54, 1.807) is 6.07 Å². The van der Waals surface area contributed by atoms with Gasteiger partial charge in [0.05, 0.1) is 17.4 Å². The Hall–Kier alpha value is -2.02. The Morgan fingerprint density at radius 1 is 1.38 bits per heavy atom. The van der Waals surface area contributed by atoms with Gasteiger partial charge in [-0.15, -0.1) is 0 Å². The molecule has 13 heavy (non-hydrogen) atoms. The Kier molecular flexibility index (Phi) is 2.50. The van der Waals surface area contributed by atoms with Crippen LogP contribution < -0.4 is 11.5 Å². The maximum Gasteiger partial charge on any atom is 0.126 e. The van der Waals surface area contributed by atoms with E-state index in [1.165, 1.54) is 18.2 Å². The van der Waals surface area contributed by atoms with Crippen LogP contribution in [0.3, 0.4) is 0 Å². The summed E-state index contributed by atoms with van der Waals surface area (Å²) in [5, 5.41) is 8.25. The minimum absolute atomic E-state index is 0.178. The van der Waals surface area contributed by atoms with Crippen LogP contribution >= 0.6 is 0 Å². The summed E-state index contributed by atoms with van der Waals surface area (Å²) in [6, 6.07) is 4.14. The standard InChI is InChI=1S/C9H8FN3/c10-7-4-6(2-1-3-11)9(13)8(12)5-7/h1-2,4-5H,12-13H2. The highest BCUT2D eigenvalue weighted by Crippen LogP contribution is 2.22. The van der Waals surface area contributed by atoms with Gasteiger partial charge in [-0.25, -0.2) is 4.39 Å². The fourth-order valence-corrected chi connectivity index (χ4v) is 0.926. The lowest BCUT2D eigenvalue weighted by Gasteiger charge is -2.03. The van der Waals surface area contributed by atoms with Crippen molar-refractivity contribution in [3.63, 3.8) is 0 Å². The zero-order valence-electron chi connectivity index (χ0n) is 6.79. The molecule has 0 aliphatic carbocycles. The highest BCUT2D eigenvalue weighted by molar-refractivity contribution is 5.76. The van der Waals surface area contributed by atoms with E-state index in [2.05, 4.69) is 0 Å². The van der Waals surface area contributed by atoms with Gasteiger partial charge in [0.15, 0.2) is 0 Å². The van der Waals surface area contributed by atoms with Crippen molar-refractivity contribution < 1.29 is 4.39 Å². The van der Waals surface area contributed by atoms with E-state index in [9.17, 15) is 4.39 Å². The lowest BCUT2D eigenvalue weighted by atomic mass is 10.1. The average molecular weight is 177 g/mol. The van der Waals surface area contributed by atoms with Gasteiger partial charge in [0, 0.05) is 11.6 Å². The number of allylic oxidation sites excluding steroid dienone is 1. The van der Waals surface area contributed by atoms with E-state index >= 15 is 0 Å². The van der Waals surface area contributed by atoms with Crippen LogP contribution in [0.25, 0.3) is 6.08 Å². The number of rotatable bonds is 1. The zero-order chi connectivity index (χ0) is 9.84. The summed E-state index contributed by atoms with van der Waals surface area (Å²) < 4.78 is 12.8. The first-order valence-electron chi connectivity index (χ1n) is 3.56. The maximum atomic E-state index is 12.8. The summed E-state index contributed by atoms with van der Waals surface area (Å²) in [6.45, 7) is 0. The number of nitriles is 1. The second-order valence-corrected chi connectivity index (χ2v) is 2.46. The van der Waals surface area contributed by atoms with Crippen molar-refractivity contribution >= 4 is 17.5 Å². The van der Waals surface area contributed by atoms with Gasteiger partial charge in [-0.1, -0.05) is 0 Å². The van der Waals surface area contributed by atoms with Crippen LogP contribution in [-0.2, 0) is 0 Å². The van der Waals surface area contributed by atoms with Crippen molar-refractivity contribution in [3.8, 4) is 6.07 Å². The number of nitrogens with two attached hydrogens (primary N) is 2. The Labute approximate surface area is 75.1 Å². The summed E-state index contributed by atoms with van der Waals surface area (Å²) in [7, 11) is 0. The van der Waals surface area contributed by atoms with E-state index in [-0.39, 0.29) is 11.4 Å². The van der Waals surface area contributed by atoms with Crippen molar-refractivity contribution in [2.45, 2.75) is 0 Å². The van der Waals surface area contributed by atoms with Crippen molar-refractivity contribution in [2.24, 2.45) is 0 Å². The van der Waals surface area contributed by atoms with E-state index in [0.717, 1.165) is 6.07 Å². The van der Waals surface area contributed by atoms with E-state index < -0.39 is 5.82 Å². The molecule has 1 aromatic carbocycles. The molecular weight excluding hydrogens is 169 g/mol. The van der Waals surface area contributed by atoms with Gasteiger partial charge >= 0.3 is 0 Å². The lowest BCUT2D eigenvalue weighted by Crippen LogP contribution is -1.98. The third kappa shape index (κ3) is 1.97. The topological polar surface area (TPSA) is 75.8 Å². The Morgan fingerprint density at radius 3 is 2.69 bits per heavy atom. The van der Waals surface area contributed by atoms with Gasteiger partial charge in [-0.05, 0) is 18.2 Å². The molecule has 0 aliphatic heterocycles. The first-order valence-corrected chi connectivity index (χ1v) is 3.56. The molecule has 0 bridgehead atoms. The molecule has 4 N–H and O–H groups in total. The number of hydrogen-bond donors (Lipinski definition) is 2. The average Bonchev–Trinajstić information content (AvgIpc) is 2.09. The molecule has 1 rings (SSSR count). The molecule has 0 aromatic heterocycles. The highest BCUT2D eigenvalue weighted by atomic mass is 19.1. The van der Waals surface area contributed by atoms with Crippen LogP contribution in [0.2, 0.25) is 0 Å². The summed E-state index contributed by atoms with van der Waals surface area (Å²) in [6.07, 6.45) is 2.62. The maximum absolute atomic E-state index is 12.8. The van der Waals surface area contributed by atoms with Crippen LogP contribution in [0.15, 0.2) is 18.2 Å². The van der Waals surface area contributed by atoms with Crippen LogP contribution in [0.1, 0.15) is 5.56 Å². The fraction of sp³-hybridized carbons (Fsp3) is 0. The molecular formula is C9H8FN3. The summed E-state index contributed by atoms with van der Waals surface area (Å²) in [4.78, 5) is 0. The fourth-order valence-electron chi connectivity index (χ4n) is 0.926. The molecule has 0 saturated carbocycles. The Balaban J connectivity index is 3.22. The predicted octanol–water partition coefficient (Wildman–Crippen LogP) is 1.53. The number of halogens is 1. The number of nitrogens with zero attached hydrogens (tertiary/aromatic N) is 1. The molecule has 0 spiro atoms. The Bertz CT molecular complexity index is 391. The normalized spacial score (nSPS) is 10.2. The van der Waals surface area contributed by atoms with Crippen molar-refractivity contribution in [1.82, 2.24) is 0 Å². The molecule has 3 nitrogen and oxygen atoms in total. The molecule has 0 aliphatic rings. The molecule has 0 radical (unpaired) electrons. The van der Waals surface area contributed by atoms with Crippen LogP contribution in [-0.4, -0.2) is 0 Å². The van der Waals surface area contributed by atoms with E-state index in [0.29, 0.717) is 5.56 Å². The monoisotopic (exact) mass is 177 g/mol. The molecule has 4 heteroatoms. The zero-order valence-corrected chi connectivity index (χ0v) is 6.79. The molecule has 0 fully saturated rings.